The number of benzene rings is 1. The maximum absolute atomic E-state index is 11.6. The van der Waals surface area contributed by atoms with Crippen molar-refractivity contribution in [2.24, 2.45) is 0 Å². The highest BCUT2D eigenvalue weighted by molar-refractivity contribution is 6.00. The van der Waals surface area contributed by atoms with Crippen LogP contribution in [0.5, 0.6) is 0 Å². The molecule has 14 heavy (non-hydrogen) atoms. The van der Waals surface area contributed by atoms with Crippen molar-refractivity contribution in [3.05, 3.63) is 29.3 Å². The van der Waals surface area contributed by atoms with Gasteiger partial charge in [-0.1, -0.05) is 6.07 Å². The number of carbonyl (C=O) groups is 1. The van der Waals surface area contributed by atoms with Gasteiger partial charge in [-0.25, -0.2) is 0 Å². The first kappa shape index (κ1) is 9.21. The normalized spacial score (nSPS) is 15.1. The zero-order valence-electron chi connectivity index (χ0n) is 8.50. The highest BCUT2D eigenvalue weighted by Crippen LogP contribution is 2.20. The summed E-state index contributed by atoms with van der Waals surface area (Å²) in [6, 6.07) is 6.03. The zero-order valence-corrected chi connectivity index (χ0v) is 8.50. The van der Waals surface area contributed by atoms with E-state index >= 15 is 0 Å². The number of fused-ring (bicyclic) bond motifs is 1. The van der Waals surface area contributed by atoms with Gasteiger partial charge in [-0.05, 0) is 17.7 Å². The molecule has 1 N–H and O–H groups in total. The summed E-state index contributed by atoms with van der Waals surface area (Å²) in [7, 11) is 3.96. The smallest absolute Gasteiger partial charge is 0.177 e. The minimum atomic E-state index is 0.190. The average Bonchev–Trinajstić information content (AvgIpc) is 2.18. The van der Waals surface area contributed by atoms with E-state index in [-0.39, 0.29) is 5.78 Å². The van der Waals surface area contributed by atoms with Crippen molar-refractivity contribution in [2.75, 3.05) is 25.5 Å². The molecule has 0 amide bonds. The van der Waals surface area contributed by atoms with Crippen molar-refractivity contribution < 1.29 is 4.79 Å². The molecule has 1 heterocycles. The fourth-order valence-electron chi connectivity index (χ4n) is 1.66. The molecule has 0 aromatic heterocycles. The minimum absolute atomic E-state index is 0.190. The number of ketones is 1. The molecule has 0 bridgehead atoms. The second kappa shape index (κ2) is 3.42. The number of carbonyl (C=O) groups excluding carboxylic acids is 1. The van der Waals surface area contributed by atoms with Crippen molar-refractivity contribution in [3.63, 3.8) is 0 Å². The van der Waals surface area contributed by atoms with E-state index in [4.69, 9.17) is 0 Å². The van der Waals surface area contributed by atoms with Crippen LogP contribution in [0.15, 0.2) is 18.2 Å². The fourth-order valence-corrected chi connectivity index (χ4v) is 1.66. The molecule has 1 aliphatic rings. The number of anilines is 1. The van der Waals surface area contributed by atoms with Crippen molar-refractivity contribution in [1.82, 2.24) is 5.32 Å². The second-order valence-corrected chi connectivity index (χ2v) is 3.76. The van der Waals surface area contributed by atoms with Gasteiger partial charge in [0, 0.05) is 31.9 Å². The van der Waals surface area contributed by atoms with Gasteiger partial charge in [0.05, 0.1) is 6.54 Å². The Kier molecular flexibility index (Phi) is 2.25. The first-order chi connectivity index (χ1) is 6.68. The van der Waals surface area contributed by atoms with E-state index in [0.29, 0.717) is 6.54 Å². The topological polar surface area (TPSA) is 32.3 Å². The summed E-state index contributed by atoms with van der Waals surface area (Å²) in [5.41, 5.74) is 3.06. The van der Waals surface area contributed by atoms with E-state index in [9.17, 15) is 4.79 Å². The molecule has 2 rings (SSSR count). The van der Waals surface area contributed by atoms with Crippen LogP contribution in [0.2, 0.25) is 0 Å². The van der Waals surface area contributed by atoms with Crippen LogP contribution in [0, 0.1) is 0 Å². The molecule has 1 aromatic carbocycles. The van der Waals surface area contributed by atoms with E-state index in [1.54, 1.807) is 0 Å². The predicted octanol–water partition coefficient (Wildman–Crippen LogP) is 1.04. The van der Waals surface area contributed by atoms with Crippen molar-refractivity contribution >= 4 is 11.5 Å². The summed E-state index contributed by atoms with van der Waals surface area (Å²) in [4.78, 5) is 13.6. The van der Waals surface area contributed by atoms with E-state index in [0.717, 1.165) is 23.4 Å². The predicted molar refractivity (Wildman–Crippen MR) is 56.8 cm³/mol. The molecule has 0 aliphatic carbocycles. The molecule has 1 aliphatic heterocycles. The first-order valence-corrected chi connectivity index (χ1v) is 4.72. The quantitative estimate of drug-likeness (QED) is 0.718. The Bertz CT molecular complexity index is 372. The van der Waals surface area contributed by atoms with Crippen LogP contribution in [0.25, 0.3) is 0 Å². The number of nitrogens with zero attached hydrogens (tertiary/aromatic N) is 1. The third-order valence-electron chi connectivity index (χ3n) is 2.51. The molecule has 3 nitrogen and oxygen atoms in total. The van der Waals surface area contributed by atoms with Gasteiger partial charge >= 0.3 is 0 Å². The minimum Gasteiger partial charge on any atom is -0.378 e. The lowest BCUT2D eigenvalue weighted by molar-refractivity contribution is 0.0982. The molecule has 3 heteroatoms. The highest BCUT2D eigenvalue weighted by Gasteiger charge is 2.16. The Morgan fingerprint density at radius 2 is 2.07 bits per heavy atom. The van der Waals surface area contributed by atoms with Gasteiger partial charge in [-0.3, -0.25) is 4.79 Å². The van der Waals surface area contributed by atoms with Crippen LogP contribution in [0.1, 0.15) is 15.9 Å². The summed E-state index contributed by atoms with van der Waals surface area (Å²) in [5.74, 6) is 0.190. The third-order valence-corrected chi connectivity index (χ3v) is 2.51. The Morgan fingerprint density at radius 1 is 1.29 bits per heavy atom. The Hall–Kier alpha value is -1.35. The molecule has 0 fully saturated rings. The third kappa shape index (κ3) is 1.51. The molecular weight excluding hydrogens is 176 g/mol. The lowest BCUT2D eigenvalue weighted by Crippen LogP contribution is -2.29. The summed E-state index contributed by atoms with van der Waals surface area (Å²) < 4.78 is 0. The van der Waals surface area contributed by atoms with Crippen LogP contribution in [0.3, 0.4) is 0 Å². The lowest BCUT2D eigenvalue weighted by atomic mass is 9.99. The molecular formula is C11H14N2O. The summed E-state index contributed by atoms with van der Waals surface area (Å²) in [5, 5.41) is 3.08. The second-order valence-electron chi connectivity index (χ2n) is 3.76. The van der Waals surface area contributed by atoms with Crippen molar-refractivity contribution in [1.29, 1.82) is 0 Å². The van der Waals surface area contributed by atoms with Crippen LogP contribution in [-0.2, 0) is 6.54 Å². The number of hydrogen-bond acceptors (Lipinski definition) is 3. The lowest BCUT2D eigenvalue weighted by Gasteiger charge is -2.19. The van der Waals surface area contributed by atoms with Gasteiger partial charge < -0.3 is 10.2 Å². The molecule has 0 saturated heterocycles. The number of Topliss-reactive ketones (excluding diaryl/α,β-unsaturated/α-hetero) is 1. The van der Waals surface area contributed by atoms with E-state index in [1.165, 1.54) is 0 Å². The molecule has 0 radical (unpaired) electrons. The van der Waals surface area contributed by atoms with E-state index in [2.05, 4.69) is 5.32 Å². The Balaban J connectivity index is 2.46. The largest absolute Gasteiger partial charge is 0.378 e. The van der Waals surface area contributed by atoms with Crippen molar-refractivity contribution in [2.45, 2.75) is 6.54 Å². The molecule has 1 aromatic rings. The monoisotopic (exact) mass is 190 g/mol. The highest BCUT2D eigenvalue weighted by atomic mass is 16.1. The summed E-state index contributed by atoms with van der Waals surface area (Å²) in [6.07, 6.45) is 0. The van der Waals surface area contributed by atoms with Gasteiger partial charge in [-0.2, -0.15) is 0 Å². The van der Waals surface area contributed by atoms with Crippen LogP contribution in [-0.4, -0.2) is 26.4 Å². The molecule has 74 valence electrons. The van der Waals surface area contributed by atoms with Gasteiger partial charge in [-0.15, -0.1) is 0 Å². The van der Waals surface area contributed by atoms with E-state index in [1.807, 2.05) is 37.2 Å². The number of nitrogens with one attached hydrogen (secondary N) is 1. The standard InChI is InChI=1S/C11H14N2O/c1-13(2)9-4-3-8-6-12-7-11(14)10(8)5-9/h3-5,12H,6-7H2,1-2H3. The molecule has 0 spiro atoms. The van der Waals surface area contributed by atoms with E-state index < -0.39 is 0 Å². The maximum atomic E-state index is 11.6. The first-order valence-electron chi connectivity index (χ1n) is 4.72. The van der Waals surface area contributed by atoms with Gasteiger partial charge in [0.2, 0.25) is 0 Å². The molecule has 0 saturated carbocycles. The number of rotatable bonds is 1. The van der Waals surface area contributed by atoms with Crippen molar-refractivity contribution in [3.8, 4) is 0 Å². The van der Waals surface area contributed by atoms with Gasteiger partial charge in [0.25, 0.3) is 0 Å². The average molecular weight is 190 g/mol. The summed E-state index contributed by atoms with van der Waals surface area (Å²) >= 11 is 0. The Morgan fingerprint density at radius 3 is 2.79 bits per heavy atom. The molecule has 0 unspecified atom stereocenters. The SMILES string of the molecule is CN(C)c1ccc2c(c1)C(=O)CNC2. The number of hydrogen-bond donors (Lipinski definition) is 1. The Labute approximate surface area is 83.7 Å². The molecule has 0 atom stereocenters. The zero-order chi connectivity index (χ0) is 10.1. The maximum Gasteiger partial charge on any atom is 0.177 e. The summed E-state index contributed by atoms with van der Waals surface area (Å²) in [6.45, 7) is 1.26. The van der Waals surface area contributed by atoms with Crippen LogP contribution in [0.4, 0.5) is 5.69 Å². The fraction of sp³-hybridized carbons (Fsp3) is 0.364. The van der Waals surface area contributed by atoms with Crippen LogP contribution >= 0.6 is 0 Å². The van der Waals surface area contributed by atoms with Crippen LogP contribution < -0.4 is 10.2 Å². The van der Waals surface area contributed by atoms with Gasteiger partial charge in [0.1, 0.15) is 0 Å². The van der Waals surface area contributed by atoms with Gasteiger partial charge in [0.15, 0.2) is 5.78 Å².